The van der Waals surface area contributed by atoms with Crippen molar-refractivity contribution < 1.29 is 4.79 Å². The van der Waals surface area contributed by atoms with Crippen LogP contribution in [0.2, 0.25) is 0 Å². The third kappa shape index (κ3) is 12.0. The predicted octanol–water partition coefficient (Wildman–Crippen LogP) is 8.21. The Kier molecular flexibility index (Phi) is 17.2. The standard InChI is InChI=1S/C25H33N3O.2C2H6/c1-8-12-19(5)21(15-18(4)9-2)16-20(10-3)22-13-11-14-23(27-22)24(29)28-25(6,7)17-26;2*1-2/h10-16H,8-9H2,1-7H3,(H,28,29);2*1-2H3/b18-15-,19-12+,20-10+,21-16-;;. The number of rotatable bonds is 8. The highest BCUT2D eigenvalue weighted by molar-refractivity contribution is 5.93. The summed E-state index contributed by atoms with van der Waals surface area (Å²) >= 11 is 0. The Morgan fingerprint density at radius 3 is 2.15 bits per heavy atom. The average molecular weight is 452 g/mol. The molecular formula is C29H45N3O. The second kappa shape index (κ2) is 17.6. The largest absolute Gasteiger partial charge is 0.333 e. The minimum Gasteiger partial charge on any atom is -0.333 e. The summed E-state index contributed by atoms with van der Waals surface area (Å²) in [5.41, 5.74) is 4.66. The van der Waals surface area contributed by atoms with E-state index in [0.717, 1.165) is 29.7 Å². The first-order chi connectivity index (χ1) is 15.7. The van der Waals surface area contributed by atoms with Crippen LogP contribution in [0.15, 0.2) is 59.2 Å². The number of carbonyl (C=O) groups is 1. The molecule has 1 heterocycles. The van der Waals surface area contributed by atoms with E-state index in [1.807, 2.05) is 52.8 Å². The highest BCUT2D eigenvalue weighted by atomic mass is 16.2. The molecule has 0 atom stereocenters. The van der Waals surface area contributed by atoms with Crippen molar-refractivity contribution in [2.75, 3.05) is 0 Å². The number of hydrogen-bond donors (Lipinski definition) is 1. The van der Waals surface area contributed by atoms with Gasteiger partial charge in [-0.2, -0.15) is 5.26 Å². The lowest BCUT2D eigenvalue weighted by Gasteiger charge is -2.17. The Labute approximate surface area is 203 Å². The molecule has 1 rings (SSSR count). The Morgan fingerprint density at radius 2 is 1.67 bits per heavy atom. The number of carbonyl (C=O) groups excluding carboxylic acids is 1. The lowest BCUT2D eigenvalue weighted by Crippen LogP contribution is -2.42. The molecule has 0 aliphatic heterocycles. The highest BCUT2D eigenvalue weighted by Gasteiger charge is 2.21. The van der Waals surface area contributed by atoms with Crippen molar-refractivity contribution in [1.29, 1.82) is 5.26 Å². The molecule has 0 fully saturated rings. The van der Waals surface area contributed by atoms with Crippen LogP contribution in [-0.2, 0) is 0 Å². The molecule has 0 aliphatic carbocycles. The molecule has 1 aromatic rings. The summed E-state index contributed by atoms with van der Waals surface area (Å²) in [5.74, 6) is -0.359. The van der Waals surface area contributed by atoms with Gasteiger partial charge in [-0.25, -0.2) is 4.98 Å². The van der Waals surface area contributed by atoms with Gasteiger partial charge in [0.15, 0.2) is 0 Å². The summed E-state index contributed by atoms with van der Waals surface area (Å²) in [6, 6.07) is 7.44. The average Bonchev–Trinajstić information content (AvgIpc) is 2.84. The second-order valence-corrected chi connectivity index (χ2v) is 7.58. The summed E-state index contributed by atoms with van der Waals surface area (Å²) in [6.07, 6.45) is 10.5. The van der Waals surface area contributed by atoms with E-state index in [0.29, 0.717) is 5.69 Å². The number of pyridine rings is 1. The van der Waals surface area contributed by atoms with E-state index >= 15 is 0 Å². The van der Waals surface area contributed by atoms with Gasteiger partial charge >= 0.3 is 0 Å². The van der Waals surface area contributed by atoms with Gasteiger partial charge in [-0.05, 0) is 82.4 Å². The van der Waals surface area contributed by atoms with E-state index in [2.05, 4.69) is 62.3 Å². The molecule has 1 amide bonds. The van der Waals surface area contributed by atoms with Gasteiger partial charge in [0.2, 0.25) is 0 Å². The molecule has 4 nitrogen and oxygen atoms in total. The summed E-state index contributed by atoms with van der Waals surface area (Å²) in [6.45, 7) is 21.8. The Hall–Kier alpha value is -2.93. The number of nitrogens with one attached hydrogen (secondary N) is 1. The summed E-state index contributed by atoms with van der Waals surface area (Å²) in [7, 11) is 0. The summed E-state index contributed by atoms with van der Waals surface area (Å²) in [5, 5.41) is 11.8. The van der Waals surface area contributed by atoms with E-state index in [4.69, 9.17) is 5.26 Å². The fraction of sp³-hybridized carbons (Fsp3) is 0.483. The molecule has 182 valence electrons. The van der Waals surface area contributed by atoms with Gasteiger partial charge in [-0.1, -0.05) is 71.4 Å². The van der Waals surface area contributed by atoms with Crippen molar-refractivity contribution >= 4 is 11.5 Å². The van der Waals surface area contributed by atoms with Crippen LogP contribution in [0.4, 0.5) is 0 Å². The molecular weight excluding hydrogens is 406 g/mol. The first kappa shape index (κ1) is 32.3. The molecule has 33 heavy (non-hydrogen) atoms. The Morgan fingerprint density at radius 1 is 1.09 bits per heavy atom. The van der Waals surface area contributed by atoms with Gasteiger partial charge in [0.1, 0.15) is 11.2 Å². The topological polar surface area (TPSA) is 65.8 Å². The van der Waals surface area contributed by atoms with Crippen LogP contribution in [0.25, 0.3) is 5.57 Å². The first-order valence-corrected chi connectivity index (χ1v) is 12.1. The van der Waals surface area contributed by atoms with Gasteiger partial charge in [0.05, 0.1) is 11.8 Å². The molecule has 0 aliphatic rings. The van der Waals surface area contributed by atoms with Gasteiger partial charge in [-0.3, -0.25) is 4.79 Å². The van der Waals surface area contributed by atoms with E-state index in [1.54, 1.807) is 19.9 Å². The molecule has 0 spiro atoms. The maximum absolute atomic E-state index is 12.5. The lowest BCUT2D eigenvalue weighted by atomic mass is 9.98. The van der Waals surface area contributed by atoms with E-state index in [9.17, 15) is 4.79 Å². The molecule has 4 heteroatoms. The molecule has 0 saturated carbocycles. The summed E-state index contributed by atoms with van der Waals surface area (Å²) in [4.78, 5) is 17.0. The summed E-state index contributed by atoms with van der Waals surface area (Å²) < 4.78 is 0. The SMILES string of the molecule is CC.CC.C\C=C(/C=C(/C=C(/C)CC)C(\C)=C\CC)c1cccc(C(=O)NC(C)(C)C#N)n1. The third-order valence-electron chi connectivity index (χ3n) is 4.53. The quantitative estimate of drug-likeness (QED) is 0.405. The van der Waals surface area contributed by atoms with Gasteiger partial charge < -0.3 is 5.32 Å². The maximum Gasteiger partial charge on any atom is 0.271 e. The number of aromatic nitrogens is 1. The van der Waals surface area contributed by atoms with Crippen molar-refractivity contribution in [2.24, 2.45) is 0 Å². The second-order valence-electron chi connectivity index (χ2n) is 7.58. The molecule has 1 N–H and O–H groups in total. The van der Waals surface area contributed by atoms with Crippen LogP contribution in [0.3, 0.4) is 0 Å². The van der Waals surface area contributed by atoms with Crippen molar-refractivity contribution in [3.8, 4) is 6.07 Å². The van der Waals surface area contributed by atoms with Gasteiger partial charge in [-0.15, -0.1) is 0 Å². The fourth-order valence-electron chi connectivity index (χ4n) is 2.63. The van der Waals surface area contributed by atoms with Crippen molar-refractivity contribution in [3.05, 3.63) is 70.6 Å². The van der Waals surface area contributed by atoms with E-state index in [-0.39, 0.29) is 5.91 Å². The molecule has 0 radical (unpaired) electrons. The molecule has 0 aromatic carbocycles. The zero-order valence-corrected chi connectivity index (χ0v) is 22.8. The minimum atomic E-state index is -0.949. The zero-order valence-electron chi connectivity index (χ0n) is 22.8. The normalized spacial score (nSPS) is 12.5. The molecule has 0 bridgehead atoms. The van der Waals surface area contributed by atoms with Crippen LogP contribution >= 0.6 is 0 Å². The molecule has 0 saturated heterocycles. The zero-order chi connectivity index (χ0) is 26.0. The minimum absolute atomic E-state index is 0.293. The van der Waals surface area contributed by atoms with Gasteiger partial charge in [0.25, 0.3) is 5.91 Å². The lowest BCUT2D eigenvalue weighted by molar-refractivity contribution is 0.0924. The van der Waals surface area contributed by atoms with Crippen LogP contribution in [0.5, 0.6) is 0 Å². The van der Waals surface area contributed by atoms with Crippen molar-refractivity contribution in [2.45, 2.75) is 94.5 Å². The molecule has 0 unspecified atom stereocenters. The van der Waals surface area contributed by atoms with E-state index in [1.165, 1.54) is 11.1 Å². The monoisotopic (exact) mass is 451 g/mol. The highest BCUT2D eigenvalue weighted by Crippen LogP contribution is 2.22. The fourth-order valence-corrected chi connectivity index (χ4v) is 2.63. The number of allylic oxidation sites excluding steroid dienone is 8. The van der Waals surface area contributed by atoms with Crippen molar-refractivity contribution in [3.63, 3.8) is 0 Å². The van der Waals surface area contributed by atoms with Crippen LogP contribution in [0.1, 0.15) is 105 Å². The predicted molar refractivity (Wildman–Crippen MR) is 144 cm³/mol. The molecule has 1 aromatic heterocycles. The Balaban J connectivity index is 0. The number of hydrogen-bond acceptors (Lipinski definition) is 3. The van der Waals surface area contributed by atoms with E-state index < -0.39 is 5.54 Å². The van der Waals surface area contributed by atoms with Gasteiger partial charge in [0, 0.05) is 0 Å². The van der Waals surface area contributed by atoms with Crippen LogP contribution in [0, 0.1) is 11.3 Å². The van der Waals surface area contributed by atoms with Crippen LogP contribution < -0.4 is 5.32 Å². The number of amides is 1. The maximum atomic E-state index is 12.5. The smallest absolute Gasteiger partial charge is 0.271 e. The Bertz CT molecular complexity index is 894. The van der Waals surface area contributed by atoms with Crippen LogP contribution in [-0.4, -0.2) is 16.4 Å². The first-order valence-electron chi connectivity index (χ1n) is 12.1. The van der Waals surface area contributed by atoms with Crippen molar-refractivity contribution in [1.82, 2.24) is 10.3 Å². The number of nitriles is 1. The number of nitrogens with zero attached hydrogens (tertiary/aromatic N) is 2. The third-order valence-corrected chi connectivity index (χ3v) is 4.53.